The Labute approximate surface area is 192 Å². The third-order valence-electron chi connectivity index (χ3n) is 4.29. The summed E-state index contributed by atoms with van der Waals surface area (Å²) in [6.07, 6.45) is -5.08. The molecule has 9 nitrogen and oxygen atoms in total. The highest BCUT2D eigenvalue weighted by atomic mass is 32.1. The zero-order valence-corrected chi connectivity index (χ0v) is 18.0. The number of aliphatic carboxylic acids is 1. The van der Waals surface area contributed by atoms with Gasteiger partial charge in [-0.15, -0.1) is 11.3 Å². The van der Waals surface area contributed by atoms with Gasteiger partial charge < -0.3 is 15.5 Å². The van der Waals surface area contributed by atoms with Crippen LogP contribution < -0.4 is 5.32 Å². The van der Waals surface area contributed by atoms with Crippen molar-refractivity contribution in [2.45, 2.75) is 13.1 Å². The van der Waals surface area contributed by atoms with E-state index in [2.05, 4.69) is 20.5 Å². The van der Waals surface area contributed by atoms with Gasteiger partial charge in [-0.05, 0) is 25.1 Å². The molecule has 2 aromatic carbocycles. The smallest absolute Gasteiger partial charge is 0.476 e. The maximum Gasteiger partial charge on any atom is 0.490 e. The molecule has 34 heavy (non-hydrogen) atoms. The molecule has 0 bridgehead atoms. The number of halogens is 3. The van der Waals surface area contributed by atoms with Gasteiger partial charge in [0.2, 0.25) is 0 Å². The number of carboxylic acids is 2. The molecule has 2 heterocycles. The number of aryl methyl sites for hydroxylation is 1. The van der Waals surface area contributed by atoms with Crippen molar-refractivity contribution in [2.24, 2.45) is 0 Å². The van der Waals surface area contributed by atoms with Crippen LogP contribution in [0.4, 0.5) is 18.9 Å². The number of aromatic amines is 1. The van der Waals surface area contributed by atoms with E-state index in [0.717, 1.165) is 10.6 Å². The van der Waals surface area contributed by atoms with Gasteiger partial charge in [0.05, 0.1) is 11.2 Å². The van der Waals surface area contributed by atoms with Crippen molar-refractivity contribution in [3.8, 4) is 10.6 Å². The van der Waals surface area contributed by atoms with Crippen molar-refractivity contribution < 1.29 is 37.8 Å². The van der Waals surface area contributed by atoms with Gasteiger partial charge in [-0.3, -0.25) is 9.89 Å². The Morgan fingerprint density at radius 2 is 1.71 bits per heavy atom. The molecular weight excluding hydrogens is 477 g/mol. The fourth-order valence-electron chi connectivity index (χ4n) is 2.75. The quantitative estimate of drug-likeness (QED) is 0.326. The van der Waals surface area contributed by atoms with Gasteiger partial charge in [-0.2, -0.15) is 18.3 Å². The molecule has 0 aliphatic carbocycles. The van der Waals surface area contributed by atoms with Crippen LogP contribution in [-0.4, -0.2) is 49.4 Å². The number of hydrogen-bond acceptors (Lipinski definition) is 6. The number of hydrogen-bond donors (Lipinski definition) is 4. The van der Waals surface area contributed by atoms with E-state index >= 15 is 0 Å². The van der Waals surface area contributed by atoms with Gasteiger partial charge >= 0.3 is 18.1 Å². The van der Waals surface area contributed by atoms with Crippen LogP contribution in [0.3, 0.4) is 0 Å². The lowest BCUT2D eigenvalue weighted by atomic mass is 10.2. The first-order valence-corrected chi connectivity index (χ1v) is 10.1. The second kappa shape index (κ2) is 9.70. The van der Waals surface area contributed by atoms with Crippen LogP contribution in [-0.2, 0) is 4.79 Å². The predicted molar refractivity (Wildman–Crippen MR) is 117 cm³/mol. The van der Waals surface area contributed by atoms with E-state index in [-0.39, 0.29) is 11.6 Å². The molecule has 0 aliphatic rings. The van der Waals surface area contributed by atoms with E-state index in [9.17, 15) is 27.9 Å². The Morgan fingerprint density at radius 1 is 1.06 bits per heavy atom. The van der Waals surface area contributed by atoms with Gasteiger partial charge in [-0.1, -0.05) is 30.3 Å². The molecule has 0 unspecified atom stereocenters. The lowest BCUT2D eigenvalue weighted by Crippen LogP contribution is -2.21. The third kappa shape index (κ3) is 5.56. The predicted octanol–water partition coefficient (Wildman–Crippen LogP) is 4.58. The van der Waals surface area contributed by atoms with Gasteiger partial charge in [0.15, 0.2) is 5.69 Å². The highest BCUT2D eigenvalue weighted by Crippen LogP contribution is 2.29. The van der Waals surface area contributed by atoms with Crippen LogP contribution in [0.5, 0.6) is 0 Å². The van der Waals surface area contributed by atoms with E-state index in [1.54, 1.807) is 25.1 Å². The number of amides is 1. The summed E-state index contributed by atoms with van der Waals surface area (Å²) in [6, 6.07) is 14.6. The number of carbonyl (C=O) groups is 3. The van der Waals surface area contributed by atoms with Crippen LogP contribution >= 0.6 is 11.3 Å². The van der Waals surface area contributed by atoms with Crippen LogP contribution in [0.25, 0.3) is 21.5 Å². The summed E-state index contributed by atoms with van der Waals surface area (Å²) in [5, 5.41) is 26.8. The van der Waals surface area contributed by atoms with Gasteiger partial charge in [0, 0.05) is 16.6 Å². The summed E-state index contributed by atoms with van der Waals surface area (Å²) in [6.45, 7) is 1.79. The number of aromatic carboxylic acids is 1. The van der Waals surface area contributed by atoms with E-state index in [1.807, 2.05) is 30.3 Å². The Hall–Kier alpha value is -4.26. The molecule has 176 valence electrons. The molecule has 0 saturated carbocycles. The van der Waals surface area contributed by atoms with E-state index in [1.165, 1.54) is 11.3 Å². The lowest BCUT2D eigenvalue weighted by Gasteiger charge is -2.04. The summed E-state index contributed by atoms with van der Waals surface area (Å²) in [5.74, 6) is -4.17. The summed E-state index contributed by atoms with van der Waals surface area (Å²) < 4.78 is 31.7. The minimum atomic E-state index is -5.08. The van der Waals surface area contributed by atoms with E-state index in [4.69, 9.17) is 9.90 Å². The minimum Gasteiger partial charge on any atom is -0.476 e. The second-order valence-electron chi connectivity index (χ2n) is 6.69. The Balaban J connectivity index is 0.000000406. The van der Waals surface area contributed by atoms with Crippen molar-refractivity contribution in [3.63, 3.8) is 0 Å². The first-order valence-electron chi connectivity index (χ1n) is 9.33. The average molecular weight is 492 g/mol. The first kappa shape index (κ1) is 24.4. The fraction of sp³-hybridized carbons (Fsp3) is 0.0952. The number of alkyl halides is 3. The Kier molecular flexibility index (Phi) is 6.96. The van der Waals surface area contributed by atoms with Gasteiger partial charge in [-0.25, -0.2) is 14.6 Å². The second-order valence-corrected chi connectivity index (χ2v) is 7.69. The van der Waals surface area contributed by atoms with Crippen molar-refractivity contribution in [2.75, 3.05) is 5.32 Å². The summed E-state index contributed by atoms with van der Waals surface area (Å²) in [7, 11) is 0. The molecule has 1 amide bonds. The van der Waals surface area contributed by atoms with Crippen LogP contribution in [0.1, 0.15) is 25.9 Å². The Bertz CT molecular complexity index is 1370. The zero-order chi connectivity index (χ0) is 25.0. The molecule has 0 aliphatic heterocycles. The van der Waals surface area contributed by atoms with Crippen molar-refractivity contribution in [1.29, 1.82) is 0 Å². The number of H-pyrrole nitrogens is 1. The van der Waals surface area contributed by atoms with Crippen molar-refractivity contribution in [1.82, 2.24) is 15.2 Å². The van der Waals surface area contributed by atoms with Gasteiger partial charge in [0.25, 0.3) is 5.91 Å². The first-order chi connectivity index (χ1) is 16.0. The molecule has 0 spiro atoms. The molecule has 2 aromatic heterocycles. The minimum absolute atomic E-state index is 0.0820. The number of carboxylic acid groups (broad SMARTS) is 2. The highest BCUT2D eigenvalue weighted by molar-refractivity contribution is 7.17. The van der Waals surface area contributed by atoms with Gasteiger partial charge in [0.1, 0.15) is 9.88 Å². The lowest BCUT2D eigenvalue weighted by molar-refractivity contribution is -0.192. The number of aromatic nitrogens is 3. The number of fused-ring (bicyclic) bond motifs is 1. The average Bonchev–Trinajstić information content (AvgIpc) is 3.37. The van der Waals surface area contributed by atoms with Crippen molar-refractivity contribution >= 4 is 45.8 Å². The molecular formula is C21H15F3N4O5S. The number of anilines is 1. The highest BCUT2D eigenvalue weighted by Gasteiger charge is 2.38. The normalized spacial score (nSPS) is 10.9. The van der Waals surface area contributed by atoms with E-state index < -0.39 is 18.1 Å². The Morgan fingerprint density at radius 3 is 2.29 bits per heavy atom. The number of carbonyl (C=O) groups excluding carboxylic acids is 1. The molecule has 0 atom stereocenters. The van der Waals surface area contributed by atoms with Crippen LogP contribution in [0.15, 0.2) is 48.5 Å². The summed E-state index contributed by atoms with van der Waals surface area (Å²) >= 11 is 1.32. The third-order valence-corrected chi connectivity index (χ3v) is 5.49. The summed E-state index contributed by atoms with van der Waals surface area (Å²) in [4.78, 5) is 37.8. The molecule has 13 heteroatoms. The molecule has 4 aromatic rings. The maximum absolute atomic E-state index is 12.7. The fourth-order valence-corrected chi connectivity index (χ4v) is 3.72. The maximum atomic E-state index is 12.7. The van der Waals surface area contributed by atoms with E-state index in [0.29, 0.717) is 27.2 Å². The monoisotopic (exact) mass is 492 g/mol. The van der Waals surface area contributed by atoms with Crippen LogP contribution in [0, 0.1) is 6.92 Å². The largest absolute Gasteiger partial charge is 0.490 e. The number of nitrogens with zero attached hydrogens (tertiary/aromatic N) is 2. The molecule has 4 rings (SSSR count). The molecule has 0 fully saturated rings. The molecule has 0 saturated heterocycles. The standard InChI is InChI=1S/C19H14N4O3S.C2HF3O2/c1-10-16(27-18(20-10)11-5-3-2-4-6-11)17(24)21-12-7-8-14-13(9-12)15(19(25)26)23-22-14;3-2(4,5)1(6)7/h2-9H,1H3,(H,21,24)(H,22,23)(H,25,26);(H,6,7). The van der Waals surface area contributed by atoms with Crippen LogP contribution in [0.2, 0.25) is 0 Å². The zero-order valence-electron chi connectivity index (χ0n) is 17.2. The molecule has 4 N–H and O–H groups in total. The number of benzene rings is 2. The number of rotatable bonds is 4. The molecule has 0 radical (unpaired) electrons. The number of thiazole rings is 1. The SMILES string of the molecule is Cc1nc(-c2ccccc2)sc1C(=O)Nc1ccc2[nH]nc(C(=O)O)c2c1.O=C(O)C(F)(F)F. The summed E-state index contributed by atoms with van der Waals surface area (Å²) in [5.41, 5.74) is 2.60. The van der Waals surface area contributed by atoms with Crippen molar-refractivity contribution in [3.05, 3.63) is 64.8 Å². The number of nitrogens with one attached hydrogen (secondary N) is 2. The topological polar surface area (TPSA) is 145 Å².